The third-order valence-corrected chi connectivity index (χ3v) is 4.55. The van der Waals surface area contributed by atoms with E-state index in [1.165, 1.54) is 0 Å². The minimum atomic E-state index is 0.00547. The molecule has 0 atom stereocenters. The molecule has 0 radical (unpaired) electrons. The normalized spacial score (nSPS) is 15.6. The Morgan fingerprint density at radius 1 is 1.47 bits per heavy atom. The molecule has 0 aromatic carbocycles. The van der Waals surface area contributed by atoms with Crippen LogP contribution in [0.15, 0.2) is 29.2 Å². The van der Waals surface area contributed by atoms with E-state index in [1.54, 1.807) is 16.7 Å². The molecule has 0 amide bonds. The summed E-state index contributed by atoms with van der Waals surface area (Å²) in [5.41, 5.74) is 2.75. The first-order chi connectivity index (χ1) is 9.22. The van der Waals surface area contributed by atoms with Crippen molar-refractivity contribution in [1.29, 1.82) is 0 Å². The standard InChI is InChI=1S/C14H17N3OS/c1-10-2-3-17-13(4-10)16-12(5-14(17)18)9-19-8-11-6-15-7-11/h2-5,11,15H,6-9H2,1H3. The highest BCUT2D eigenvalue weighted by Crippen LogP contribution is 2.16. The highest BCUT2D eigenvalue weighted by Gasteiger charge is 2.16. The van der Waals surface area contributed by atoms with E-state index in [4.69, 9.17) is 0 Å². The second kappa shape index (κ2) is 5.35. The second-order valence-corrected chi connectivity index (χ2v) is 6.09. The maximum Gasteiger partial charge on any atom is 0.258 e. The first-order valence-corrected chi connectivity index (χ1v) is 7.65. The Kier molecular flexibility index (Phi) is 3.57. The number of fused-ring (bicyclic) bond motifs is 1. The molecule has 3 heterocycles. The quantitative estimate of drug-likeness (QED) is 0.917. The zero-order valence-electron chi connectivity index (χ0n) is 10.9. The zero-order valence-corrected chi connectivity index (χ0v) is 11.7. The van der Waals surface area contributed by atoms with Gasteiger partial charge in [-0.1, -0.05) is 0 Å². The molecule has 5 heteroatoms. The Morgan fingerprint density at radius 2 is 2.32 bits per heavy atom. The highest BCUT2D eigenvalue weighted by molar-refractivity contribution is 7.98. The number of pyridine rings is 1. The molecule has 1 N–H and O–H groups in total. The van der Waals surface area contributed by atoms with Crippen LogP contribution in [-0.2, 0) is 5.75 Å². The summed E-state index contributed by atoms with van der Waals surface area (Å²) in [4.78, 5) is 16.5. The predicted molar refractivity (Wildman–Crippen MR) is 78.7 cm³/mol. The average Bonchev–Trinajstić information content (AvgIpc) is 2.31. The summed E-state index contributed by atoms with van der Waals surface area (Å²) in [5, 5.41) is 3.27. The molecule has 1 fully saturated rings. The van der Waals surface area contributed by atoms with E-state index >= 15 is 0 Å². The van der Waals surface area contributed by atoms with Gasteiger partial charge in [0.15, 0.2) is 0 Å². The summed E-state index contributed by atoms with van der Waals surface area (Å²) < 4.78 is 1.59. The number of nitrogens with one attached hydrogen (secondary N) is 1. The van der Waals surface area contributed by atoms with Crippen LogP contribution in [0.2, 0.25) is 0 Å². The predicted octanol–water partition coefficient (Wildman–Crippen LogP) is 1.46. The molecular weight excluding hydrogens is 258 g/mol. The Hall–Kier alpha value is -1.33. The van der Waals surface area contributed by atoms with Gasteiger partial charge in [0.1, 0.15) is 5.65 Å². The van der Waals surface area contributed by atoms with Crippen molar-refractivity contribution < 1.29 is 0 Å². The zero-order chi connectivity index (χ0) is 13.2. The van der Waals surface area contributed by atoms with E-state index in [0.717, 1.165) is 47.4 Å². The van der Waals surface area contributed by atoms with Gasteiger partial charge in [-0.05, 0) is 49.4 Å². The van der Waals surface area contributed by atoms with Gasteiger partial charge in [-0.2, -0.15) is 11.8 Å². The average molecular weight is 275 g/mol. The molecule has 1 aliphatic heterocycles. The van der Waals surface area contributed by atoms with E-state index < -0.39 is 0 Å². The maximum absolute atomic E-state index is 12.0. The molecule has 4 nitrogen and oxygen atoms in total. The second-order valence-electron chi connectivity index (χ2n) is 5.06. The largest absolute Gasteiger partial charge is 0.316 e. The van der Waals surface area contributed by atoms with E-state index in [2.05, 4.69) is 10.3 Å². The summed E-state index contributed by atoms with van der Waals surface area (Å²) in [6.45, 7) is 4.26. The third-order valence-electron chi connectivity index (χ3n) is 3.35. The number of aromatic nitrogens is 2. The summed E-state index contributed by atoms with van der Waals surface area (Å²) in [6, 6.07) is 5.52. The summed E-state index contributed by atoms with van der Waals surface area (Å²) >= 11 is 1.86. The highest BCUT2D eigenvalue weighted by atomic mass is 32.2. The summed E-state index contributed by atoms with van der Waals surface area (Å²) in [7, 11) is 0. The minimum absolute atomic E-state index is 0.00547. The van der Waals surface area contributed by atoms with Gasteiger partial charge in [-0.15, -0.1) is 0 Å². The third kappa shape index (κ3) is 2.82. The van der Waals surface area contributed by atoms with Crippen molar-refractivity contribution in [3.05, 3.63) is 46.0 Å². The molecule has 0 spiro atoms. The van der Waals surface area contributed by atoms with Gasteiger partial charge in [0.05, 0.1) is 5.69 Å². The molecule has 1 aliphatic rings. The van der Waals surface area contributed by atoms with Gasteiger partial charge in [0, 0.05) is 18.0 Å². The molecule has 2 aromatic heterocycles. The minimum Gasteiger partial charge on any atom is -0.316 e. The first-order valence-electron chi connectivity index (χ1n) is 6.50. The van der Waals surface area contributed by atoms with E-state index in [-0.39, 0.29) is 5.56 Å². The molecule has 0 bridgehead atoms. The SMILES string of the molecule is Cc1ccn2c(=O)cc(CSCC3CNC3)nc2c1. The van der Waals surface area contributed by atoms with Gasteiger partial charge in [0.25, 0.3) is 5.56 Å². The molecule has 0 aliphatic carbocycles. The van der Waals surface area contributed by atoms with Crippen LogP contribution in [0.4, 0.5) is 0 Å². The molecule has 0 saturated carbocycles. The maximum atomic E-state index is 12.0. The number of rotatable bonds is 4. The van der Waals surface area contributed by atoms with Crippen LogP contribution in [0.5, 0.6) is 0 Å². The Bertz CT molecular complexity index is 649. The van der Waals surface area contributed by atoms with Crippen molar-refractivity contribution >= 4 is 17.4 Å². The van der Waals surface area contributed by atoms with Crippen molar-refractivity contribution in [2.75, 3.05) is 18.8 Å². The van der Waals surface area contributed by atoms with Gasteiger partial charge in [0.2, 0.25) is 0 Å². The first kappa shape index (κ1) is 12.7. The van der Waals surface area contributed by atoms with Gasteiger partial charge in [-0.25, -0.2) is 4.98 Å². The van der Waals surface area contributed by atoms with Crippen molar-refractivity contribution in [3.8, 4) is 0 Å². The fourth-order valence-corrected chi connectivity index (χ4v) is 3.17. The summed E-state index contributed by atoms with van der Waals surface area (Å²) in [6.07, 6.45) is 1.79. The van der Waals surface area contributed by atoms with Crippen LogP contribution in [-0.4, -0.2) is 28.2 Å². The van der Waals surface area contributed by atoms with Gasteiger partial charge in [-0.3, -0.25) is 9.20 Å². The fraction of sp³-hybridized carbons (Fsp3) is 0.429. The Labute approximate surface area is 116 Å². The molecule has 19 heavy (non-hydrogen) atoms. The van der Waals surface area contributed by atoms with E-state index in [0.29, 0.717) is 0 Å². The molecule has 3 rings (SSSR count). The van der Waals surface area contributed by atoms with Gasteiger partial charge < -0.3 is 5.32 Å². The molecule has 1 saturated heterocycles. The number of aryl methyl sites for hydroxylation is 1. The lowest BCUT2D eigenvalue weighted by molar-refractivity contribution is 0.385. The monoisotopic (exact) mass is 275 g/mol. The van der Waals surface area contributed by atoms with Crippen LogP contribution in [0.1, 0.15) is 11.3 Å². The number of nitrogens with zero attached hydrogens (tertiary/aromatic N) is 2. The van der Waals surface area contributed by atoms with Crippen LogP contribution in [0, 0.1) is 12.8 Å². The smallest absolute Gasteiger partial charge is 0.258 e. The van der Waals surface area contributed by atoms with Crippen molar-refractivity contribution in [1.82, 2.24) is 14.7 Å². The summed E-state index contributed by atoms with van der Waals surface area (Å²) in [5.74, 6) is 2.74. The lowest BCUT2D eigenvalue weighted by Crippen LogP contribution is -2.43. The Morgan fingerprint density at radius 3 is 3.05 bits per heavy atom. The molecule has 0 unspecified atom stereocenters. The van der Waals surface area contributed by atoms with Crippen molar-refractivity contribution in [2.45, 2.75) is 12.7 Å². The lowest BCUT2D eigenvalue weighted by Gasteiger charge is -2.26. The lowest BCUT2D eigenvalue weighted by atomic mass is 10.1. The topological polar surface area (TPSA) is 46.4 Å². The number of thioether (sulfide) groups is 1. The van der Waals surface area contributed by atoms with E-state index in [1.807, 2.05) is 30.8 Å². The molecule has 2 aromatic rings. The molecular formula is C14H17N3OS. The number of hydrogen-bond acceptors (Lipinski definition) is 4. The van der Waals surface area contributed by atoms with Crippen molar-refractivity contribution in [2.24, 2.45) is 5.92 Å². The number of hydrogen-bond donors (Lipinski definition) is 1. The van der Waals surface area contributed by atoms with Crippen LogP contribution < -0.4 is 10.9 Å². The van der Waals surface area contributed by atoms with Crippen LogP contribution >= 0.6 is 11.8 Å². The van der Waals surface area contributed by atoms with Crippen LogP contribution in [0.25, 0.3) is 5.65 Å². The fourth-order valence-electron chi connectivity index (χ4n) is 2.12. The van der Waals surface area contributed by atoms with Crippen molar-refractivity contribution in [3.63, 3.8) is 0 Å². The molecule has 100 valence electrons. The van der Waals surface area contributed by atoms with Gasteiger partial charge >= 0.3 is 0 Å². The van der Waals surface area contributed by atoms with E-state index in [9.17, 15) is 4.79 Å². The Balaban J connectivity index is 1.77. The van der Waals surface area contributed by atoms with Crippen LogP contribution in [0.3, 0.4) is 0 Å².